The van der Waals surface area contributed by atoms with Crippen LogP contribution in [0, 0.1) is 0 Å². The first-order valence-corrected chi connectivity index (χ1v) is 5.31. The Balaban J connectivity index is 2.37. The minimum atomic E-state index is -1.00. The predicted octanol–water partition coefficient (Wildman–Crippen LogP) is 0.344. The molecular formula is C10H18FNO3. The molecule has 1 fully saturated rings. The summed E-state index contributed by atoms with van der Waals surface area (Å²) in [6.07, 6.45) is -0.494. The van der Waals surface area contributed by atoms with E-state index in [1.807, 2.05) is 6.92 Å². The number of carbonyl (C=O) groups excluding carboxylic acids is 1. The highest BCUT2D eigenvalue weighted by Gasteiger charge is 2.34. The predicted molar refractivity (Wildman–Crippen MR) is 53.2 cm³/mol. The molecule has 1 amide bonds. The molecule has 4 nitrogen and oxygen atoms in total. The van der Waals surface area contributed by atoms with Crippen molar-refractivity contribution in [1.29, 1.82) is 0 Å². The van der Waals surface area contributed by atoms with Gasteiger partial charge < -0.3 is 14.7 Å². The van der Waals surface area contributed by atoms with E-state index in [2.05, 4.69) is 0 Å². The number of nitrogens with zero attached hydrogens (tertiary/aromatic N) is 1. The van der Waals surface area contributed by atoms with Crippen molar-refractivity contribution in [2.45, 2.75) is 32.0 Å². The second-order valence-corrected chi connectivity index (χ2v) is 3.66. The zero-order valence-corrected chi connectivity index (χ0v) is 8.99. The zero-order chi connectivity index (χ0) is 11.3. The lowest BCUT2D eigenvalue weighted by Crippen LogP contribution is -2.38. The second kappa shape index (κ2) is 6.02. The van der Waals surface area contributed by atoms with E-state index in [-0.39, 0.29) is 37.9 Å². The quantitative estimate of drug-likeness (QED) is 0.678. The zero-order valence-electron chi connectivity index (χ0n) is 8.99. The monoisotopic (exact) mass is 219 g/mol. The molecule has 0 spiro atoms. The number of halogens is 1. The van der Waals surface area contributed by atoms with Crippen LogP contribution in [0.1, 0.15) is 19.8 Å². The van der Waals surface area contributed by atoms with Gasteiger partial charge in [-0.3, -0.25) is 4.79 Å². The fourth-order valence-corrected chi connectivity index (χ4v) is 1.79. The molecule has 1 heterocycles. The van der Waals surface area contributed by atoms with E-state index in [0.29, 0.717) is 13.2 Å². The van der Waals surface area contributed by atoms with Crippen molar-refractivity contribution in [2.75, 3.05) is 26.4 Å². The third-order valence-electron chi connectivity index (χ3n) is 2.56. The molecule has 1 saturated heterocycles. The molecule has 0 aromatic carbocycles. The number of ether oxygens (including phenoxy) is 1. The Hall–Kier alpha value is -0.680. The van der Waals surface area contributed by atoms with Crippen LogP contribution in [0.4, 0.5) is 4.39 Å². The van der Waals surface area contributed by atoms with Crippen molar-refractivity contribution in [1.82, 2.24) is 4.90 Å². The molecule has 1 aliphatic rings. The Kier molecular flexibility index (Phi) is 4.98. The van der Waals surface area contributed by atoms with Gasteiger partial charge in [-0.15, -0.1) is 0 Å². The average Bonchev–Trinajstić information content (AvgIpc) is 2.60. The normalized spacial score (nSPS) is 25.9. The van der Waals surface area contributed by atoms with Gasteiger partial charge in [-0.1, -0.05) is 0 Å². The molecule has 1 aliphatic heterocycles. The molecule has 0 bridgehead atoms. The van der Waals surface area contributed by atoms with Gasteiger partial charge in [0.2, 0.25) is 5.91 Å². The number of aliphatic hydroxyl groups excluding tert-OH is 1. The number of carbonyl (C=O) groups is 1. The average molecular weight is 219 g/mol. The molecular weight excluding hydrogens is 201 g/mol. The molecule has 1 rings (SSSR count). The smallest absolute Gasteiger partial charge is 0.225 e. The topological polar surface area (TPSA) is 49.8 Å². The van der Waals surface area contributed by atoms with Crippen molar-refractivity contribution in [3.8, 4) is 0 Å². The number of likely N-dealkylation sites (tertiary alicyclic amines) is 1. The molecule has 1 N–H and O–H groups in total. The largest absolute Gasteiger partial charge is 0.394 e. The molecule has 15 heavy (non-hydrogen) atoms. The first-order valence-electron chi connectivity index (χ1n) is 5.31. The van der Waals surface area contributed by atoms with E-state index in [4.69, 9.17) is 9.84 Å². The molecule has 0 unspecified atom stereocenters. The Labute approximate surface area is 89.0 Å². The van der Waals surface area contributed by atoms with Crippen LogP contribution in [0.3, 0.4) is 0 Å². The fourth-order valence-electron chi connectivity index (χ4n) is 1.79. The van der Waals surface area contributed by atoms with Crippen LogP contribution in [0.25, 0.3) is 0 Å². The van der Waals surface area contributed by atoms with Gasteiger partial charge in [-0.25, -0.2) is 4.39 Å². The molecule has 0 saturated carbocycles. The van der Waals surface area contributed by atoms with Crippen molar-refractivity contribution >= 4 is 5.91 Å². The Bertz CT molecular complexity index is 213. The SMILES string of the molecule is CCOCCC(=O)N1C[C@@H](F)C[C@H]1CO. The highest BCUT2D eigenvalue weighted by molar-refractivity contribution is 5.77. The first-order chi connectivity index (χ1) is 7.19. The second-order valence-electron chi connectivity index (χ2n) is 3.66. The number of aliphatic hydroxyl groups is 1. The van der Waals surface area contributed by atoms with Gasteiger partial charge in [0.15, 0.2) is 0 Å². The van der Waals surface area contributed by atoms with E-state index in [0.717, 1.165) is 0 Å². The van der Waals surface area contributed by atoms with Gasteiger partial charge >= 0.3 is 0 Å². The molecule has 0 aromatic rings. The molecule has 2 atom stereocenters. The summed E-state index contributed by atoms with van der Waals surface area (Å²) >= 11 is 0. The number of hydrogen-bond acceptors (Lipinski definition) is 3. The fraction of sp³-hybridized carbons (Fsp3) is 0.900. The molecule has 5 heteroatoms. The molecule has 0 aromatic heterocycles. The lowest BCUT2D eigenvalue weighted by atomic mass is 10.2. The summed E-state index contributed by atoms with van der Waals surface area (Å²) in [6, 6.07) is -0.353. The van der Waals surface area contributed by atoms with Gasteiger partial charge in [-0.05, 0) is 6.92 Å². The molecule has 0 aliphatic carbocycles. The lowest BCUT2D eigenvalue weighted by molar-refractivity contribution is -0.134. The van der Waals surface area contributed by atoms with E-state index >= 15 is 0 Å². The maximum absolute atomic E-state index is 13.0. The minimum absolute atomic E-state index is 0.107. The number of amides is 1. The van der Waals surface area contributed by atoms with Crippen LogP contribution in [-0.2, 0) is 9.53 Å². The van der Waals surface area contributed by atoms with Crippen LogP contribution in [0.2, 0.25) is 0 Å². The van der Waals surface area contributed by atoms with Crippen molar-refractivity contribution in [3.05, 3.63) is 0 Å². The summed E-state index contributed by atoms with van der Waals surface area (Å²) in [6.45, 7) is 2.73. The Morgan fingerprint density at radius 3 is 3.00 bits per heavy atom. The van der Waals surface area contributed by atoms with Gasteiger partial charge in [0.1, 0.15) is 6.17 Å². The van der Waals surface area contributed by atoms with Crippen molar-refractivity contribution < 1.29 is 19.0 Å². The lowest BCUT2D eigenvalue weighted by Gasteiger charge is -2.22. The summed E-state index contributed by atoms with van der Waals surface area (Å²) in [7, 11) is 0. The van der Waals surface area contributed by atoms with Crippen LogP contribution in [0.5, 0.6) is 0 Å². The summed E-state index contributed by atoms with van der Waals surface area (Å²) in [5, 5.41) is 8.98. The maximum atomic E-state index is 13.0. The summed E-state index contributed by atoms with van der Waals surface area (Å²) in [5.41, 5.74) is 0. The van der Waals surface area contributed by atoms with E-state index < -0.39 is 6.17 Å². The van der Waals surface area contributed by atoms with Crippen molar-refractivity contribution in [2.24, 2.45) is 0 Å². The highest BCUT2D eigenvalue weighted by Crippen LogP contribution is 2.20. The van der Waals surface area contributed by atoms with E-state index in [1.54, 1.807) is 0 Å². The Morgan fingerprint density at radius 1 is 1.67 bits per heavy atom. The van der Waals surface area contributed by atoms with Crippen LogP contribution in [-0.4, -0.2) is 54.5 Å². The van der Waals surface area contributed by atoms with E-state index in [1.165, 1.54) is 4.90 Å². The summed E-state index contributed by atoms with van der Waals surface area (Å²) in [5.74, 6) is -0.136. The number of alkyl halides is 1. The van der Waals surface area contributed by atoms with E-state index in [9.17, 15) is 9.18 Å². The van der Waals surface area contributed by atoms with Crippen LogP contribution in [0.15, 0.2) is 0 Å². The highest BCUT2D eigenvalue weighted by atomic mass is 19.1. The number of rotatable bonds is 5. The summed E-state index contributed by atoms with van der Waals surface area (Å²) < 4.78 is 18.1. The van der Waals surface area contributed by atoms with Gasteiger partial charge in [-0.2, -0.15) is 0 Å². The number of hydrogen-bond donors (Lipinski definition) is 1. The molecule has 0 radical (unpaired) electrons. The van der Waals surface area contributed by atoms with Gasteiger partial charge in [0, 0.05) is 13.0 Å². The minimum Gasteiger partial charge on any atom is -0.394 e. The third-order valence-corrected chi connectivity index (χ3v) is 2.56. The first kappa shape index (κ1) is 12.4. The molecule has 88 valence electrons. The van der Waals surface area contributed by atoms with Gasteiger partial charge in [0.05, 0.1) is 32.2 Å². The third kappa shape index (κ3) is 3.43. The maximum Gasteiger partial charge on any atom is 0.225 e. The summed E-state index contributed by atoms with van der Waals surface area (Å²) in [4.78, 5) is 13.0. The van der Waals surface area contributed by atoms with Gasteiger partial charge in [0.25, 0.3) is 0 Å². The Morgan fingerprint density at radius 2 is 2.40 bits per heavy atom. The van der Waals surface area contributed by atoms with Crippen molar-refractivity contribution in [3.63, 3.8) is 0 Å². The van der Waals surface area contributed by atoms with Crippen LogP contribution >= 0.6 is 0 Å². The standard InChI is InChI=1S/C10H18FNO3/c1-2-15-4-3-10(14)12-6-8(11)5-9(12)7-13/h8-9,13H,2-7H2,1H3/t8-,9-/m0/s1. The van der Waals surface area contributed by atoms with Crippen LogP contribution < -0.4 is 0 Å².